The lowest BCUT2D eigenvalue weighted by atomic mass is 9.81. The number of pyridine rings is 1. The van der Waals surface area contributed by atoms with E-state index in [4.69, 9.17) is 9.97 Å². The van der Waals surface area contributed by atoms with Crippen LogP contribution in [-0.2, 0) is 16.2 Å². The number of nitrogens with zero attached hydrogens (tertiary/aromatic N) is 3. The number of aryl methyl sites for hydroxylation is 3. The molecule has 2 aromatic heterocycles. The van der Waals surface area contributed by atoms with Gasteiger partial charge in [0.25, 0.3) is 0 Å². The van der Waals surface area contributed by atoms with Crippen LogP contribution in [-0.4, -0.2) is 19.6 Å². The van der Waals surface area contributed by atoms with Crippen LogP contribution < -0.4 is 0 Å². The summed E-state index contributed by atoms with van der Waals surface area (Å²) >= 11 is 0. The van der Waals surface area contributed by atoms with Gasteiger partial charge in [-0.25, -0.2) is 4.98 Å². The Labute approximate surface area is 328 Å². The third-order valence-electron chi connectivity index (χ3n) is 10.9. The van der Waals surface area contributed by atoms with Crippen LogP contribution in [0.5, 0.6) is 5.75 Å². The van der Waals surface area contributed by atoms with Gasteiger partial charge in [0, 0.05) is 17.3 Å². The summed E-state index contributed by atoms with van der Waals surface area (Å²) in [5.41, 5.74) is 16.9. The van der Waals surface area contributed by atoms with Gasteiger partial charge in [0.2, 0.25) is 0 Å². The van der Waals surface area contributed by atoms with Crippen LogP contribution >= 0.6 is 0 Å². The third-order valence-corrected chi connectivity index (χ3v) is 10.9. The largest absolute Gasteiger partial charge is 0.507 e. The van der Waals surface area contributed by atoms with Crippen molar-refractivity contribution in [1.82, 2.24) is 14.5 Å². The van der Waals surface area contributed by atoms with Crippen molar-refractivity contribution in [2.45, 2.75) is 99.3 Å². The lowest BCUT2D eigenvalue weighted by Crippen LogP contribution is -2.13. The van der Waals surface area contributed by atoms with Crippen LogP contribution in [0.2, 0.25) is 0 Å². The molecule has 7 rings (SSSR count). The molecular formula is C51H55N3O. The number of aromatic nitrogens is 3. The zero-order valence-electron chi connectivity index (χ0n) is 34.7. The van der Waals surface area contributed by atoms with Gasteiger partial charge in [-0.1, -0.05) is 122 Å². The summed E-state index contributed by atoms with van der Waals surface area (Å²) < 4.78 is 2.30. The lowest BCUT2D eigenvalue weighted by molar-refractivity contribution is 0.477. The van der Waals surface area contributed by atoms with E-state index in [-0.39, 0.29) is 22.0 Å². The number of rotatable bonds is 5. The van der Waals surface area contributed by atoms with Crippen molar-refractivity contribution in [3.8, 4) is 56.3 Å². The number of benzene rings is 5. The van der Waals surface area contributed by atoms with Gasteiger partial charge in [-0.2, -0.15) is 0 Å². The van der Waals surface area contributed by atoms with Crippen molar-refractivity contribution in [3.05, 3.63) is 143 Å². The molecule has 0 unspecified atom stereocenters. The summed E-state index contributed by atoms with van der Waals surface area (Å²) in [6.07, 6.45) is 1.94. The van der Waals surface area contributed by atoms with E-state index in [9.17, 15) is 5.11 Å². The zero-order valence-corrected chi connectivity index (χ0v) is 34.7. The second kappa shape index (κ2) is 13.7. The molecule has 1 N–H and O–H groups in total. The monoisotopic (exact) mass is 725 g/mol. The highest BCUT2D eigenvalue weighted by molar-refractivity contribution is 5.98. The summed E-state index contributed by atoms with van der Waals surface area (Å²) in [4.78, 5) is 10.5. The molecule has 0 saturated heterocycles. The first-order chi connectivity index (χ1) is 25.8. The van der Waals surface area contributed by atoms with E-state index in [0.717, 1.165) is 61.4 Å². The highest BCUT2D eigenvalue weighted by Crippen LogP contribution is 2.44. The van der Waals surface area contributed by atoms with Crippen molar-refractivity contribution >= 4 is 11.0 Å². The molecule has 0 atom stereocenters. The van der Waals surface area contributed by atoms with Gasteiger partial charge in [-0.05, 0) is 130 Å². The minimum Gasteiger partial charge on any atom is -0.507 e. The molecule has 0 spiro atoms. The van der Waals surface area contributed by atoms with Crippen molar-refractivity contribution < 1.29 is 5.11 Å². The Morgan fingerprint density at radius 1 is 0.527 bits per heavy atom. The van der Waals surface area contributed by atoms with E-state index in [2.05, 4.69) is 160 Å². The van der Waals surface area contributed by atoms with Gasteiger partial charge < -0.3 is 5.11 Å². The molecule has 4 heteroatoms. The van der Waals surface area contributed by atoms with Gasteiger partial charge in [0.05, 0.1) is 28.0 Å². The van der Waals surface area contributed by atoms with E-state index in [1.54, 1.807) is 6.07 Å². The van der Waals surface area contributed by atoms with Crippen molar-refractivity contribution in [3.63, 3.8) is 0 Å². The molecule has 4 nitrogen and oxygen atoms in total. The highest BCUT2D eigenvalue weighted by Gasteiger charge is 2.27. The Kier molecular flexibility index (Phi) is 9.40. The maximum atomic E-state index is 11.7. The summed E-state index contributed by atoms with van der Waals surface area (Å²) in [6, 6.07) is 36.6. The lowest BCUT2D eigenvalue weighted by Gasteiger charge is -2.24. The second-order valence-corrected chi connectivity index (χ2v) is 18.5. The van der Waals surface area contributed by atoms with Crippen LogP contribution in [0.4, 0.5) is 0 Å². The smallest absolute Gasteiger partial charge is 0.149 e. The van der Waals surface area contributed by atoms with Gasteiger partial charge >= 0.3 is 0 Å². The predicted octanol–water partition coefficient (Wildman–Crippen LogP) is 13.6. The maximum absolute atomic E-state index is 11.7. The topological polar surface area (TPSA) is 50.9 Å². The van der Waals surface area contributed by atoms with Crippen LogP contribution in [0, 0.1) is 20.8 Å². The standard InChI is InChI=1S/C51H55N3O/c1-31-22-32(2)47(33(3)23-31)54-44-30-40(51(10,11)12)28-41(46(44)53-48(54)42-27-35(18-19-45(42)55)34-16-14-13-15-17-34)36-24-37(26-39(25-36)50(7,8)9)43-29-38(20-21-52-43)49(4,5)6/h13-30,55H,1-12H3. The molecular weight excluding hydrogens is 671 g/mol. The van der Waals surface area contributed by atoms with E-state index in [0.29, 0.717) is 11.4 Å². The average Bonchev–Trinajstić information content (AvgIpc) is 3.49. The fourth-order valence-electron chi connectivity index (χ4n) is 7.71. The summed E-state index contributed by atoms with van der Waals surface area (Å²) in [5.74, 6) is 0.900. The molecule has 5 aromatic carbocycles. The molecule has 0 amide bonds. The van der Waals surface area contributed by atoms with Gasteiger partial charge in [-0.15, -0.1) is 0 Å². The van der Waals surface area contributed by atoms with E-state index >= 15 is 0 Å². The highest BCUT2D eigenvalue weighted by atomic mass is 16.3. The number of phenols is 1. The minimum absolute atomic E-state index is 0.00574. The molecule has 2 heterocycles. The molecule has 7 aromatic rings. The molecule has 0 saturated carbocycles. The van der Waals surface area contributed by atoms with Gasteiger partial charge in [0.1, 0.15) is 11.6 Å². The summed E-state index contributed by atoms with van der Waals surface area (Å²) in [5, 5.41) is 11.7. The predicted molar refractivity (Wildman–Crippen MR) is 233 cm³/mol. The summed E-state index contributed by atoms with van der Waals surface area (Å²) in [6.45, 7) is 26.9. The fraction of sp³-hybridized carbons (Fsp3) is 0.294. The van der Waals surface area contributed by atoms with Gasteiger partial charge in [0.15, 0.2) is 0 Å². The Bertz CT molecular complexity index is 2550. The quantitative estimate of drug-likeness (QED) is 0.192. The molecule has 0 fully saturated rings. The Hall–Kier alpha value is -5.48. The molecule has 280 valence electrons. The number of hydrogen-bond donors (Lipinski definition) is 1. The number of imidazole rings is 1. The first-order valence-electron chi connectivity index (χ1n) is 19.5. The number of hydrogen-bond acceptors (Lipinski definition) is 3. The number of fused-ring (bicyclic) bond motifs is 1. The van der Waals surface area contributed by atoms with E-state index in [1.807, 2.05) is 30.5 Å². The van der Waals surface area contributed by atoms with Crippen molar-refractivity contribution in [1.29, 1.82) is 0 Å². The normalized spacial score (nSPS) is 12.4. The third kappa shape index (κ3) is 7.35. The molecule has 0 radical (unpaired) electrons. The molecule has 0 aliphatic rings. The number of aromatic hydroxyl groups is 1. The summed E-state index contributed by atoms with van der Waals surface area (Å²) in [7, 11) is 0. The second-order valence-electron chi connectivity index (χ2n) is 18.5. The molecule has 0 aliphatic carbocycles. The van der Waals surface area contributed by atoms with Crippen LogP contribution in [0.25, 0.3) is 61.6 Å². The molecule has 0 aliphatic heterocycles. The first-order valence-corrected chi connectivity index (χ1v) is 19.5. The van der Waals surface area contributed by atoms with Crippen LogP contribution in [0.3, 0.4) is 0 Å². The maximum Gasteiger partial charge on any atom is 0.149 e. The van der Waals surface area contributed by atoms with Crippen molar-refractivity contribution in [2.24, 2.45) is 0 Å². The van der Waals surface area contributed by atoms with Crippen LogP contribution in [0.1, 0.15) is 95.7 Å². The fourth-order valence-corrected chi connectivity index (χ4v) is 7.71. The molecule has 0 bridgehead atoms. The number of phenolic OH excluding ortho intramolecular Hbond substituents is 1. The average molecular weight is 726 g/mol. The minimum atomic E-state index is -0.155. The Morgan fingerprint density at radius 3 is 1.78 bits per heavy atom. The van der Waals surface area contributed by atoms with E-state index in [1.165, 1.54) is 22.3 Å². The molecule has 55 heavy (non-hydrogen) atoms. The zero-order chi connectivity index (χ0) is 39.6. The SMILES string of the molecule is Cc1cc(C)c(-n2c(-c3cc(-c4ccccc4)ccc3O)nc3c(-c4cc(-c5cc(C(C)(C)C)ccn5)cc(C(C)(C)C)c4)cc(C(C)(C)C)cc32)c(C)c1. The van der Waals surface area contributed by atoms with Gasteiger partial charge in [-0.3, -0.25) is 9.55 Å². The Morgan fingerprint density at radius 2 is 1.15 bits per heavy atom. The van der Waals surface area contributed by atoms with Crippen LogP contribution in [0.15, 0.2) is 109 Å². The first kappa shape index (κ1) is 37.8. The van der Waals surface area contributed by atoms with E-state index < -0.39 is 0 Å². The Balaban J connectivity index is 1.61. The van der Waals surface area contributed by atoms with Crippen molar-refractivity contribution in [2.75, 3.05) is 0 Å².